The van der Waals surface area contributed by atoms with Crippen LogP contribution in [0.3, 0.4) is 0 Å². The summed E-state index contributed by atoms with van der Waals surface area (Å²) in [5.74, 6) is -0.214. The van der Waals surface area contributed by atoms with Gasteiger partial charge < -0.3 is 10.6 Å². The predicted octanol–water partition coefficient (Wildman–Crippen LogP) is 1.40. The molecule has 0 aromatic rings. The molecule has 0 bridgehead atoms. The summed E-state index contributed by atoms with van der Waals surface area (Å²) < 4.78 is 0. The molecule has 6 heteroatoms. The first kappa shape index (κ1) is 15.8. The molecule has 0 aromatic carbocycles. The fraction of sp³-hybridized carbons (Fsp3) is 0.800. The van der Waals surface area contributed by atoms with Crippen molar-refractivity contribution in [2.24, 2.45) is 5.92 Å². The lowest BCUT2D eigenvalue weighted by molar-refractivity contribution is -0.136. The molecule has 1 saturated heterocycles. The van der Waals surface area contributed by atoms with Gasteiger partial charge in [-0.3, -0.25) is 14.5 Å². The highest BCUT2D eigenvalue weighted by atomic mass is 16.2. The smallest absolute Gasteiger partial charge is 0.325 e. The van der Waals surface area contributed by atoms with E-state index in [9.17, 15) is 14.4 Å². The van der Waals surface area contributed by atoms with E-state index in [1.54, 1.807) is 0 Å². The summed E-state index contributed by atoms with van der Waals surface area (Å²) in [7, 11) is 0. The zero-order valence-corrected chi connectivity index (χ0v) is 13.1. The second-order valence-electron chi connectivity index (χ2n) is 6.56. The molecule has 1 atom stereocenters. The third kappa shape index (κ3) is 3.19. The normalized spacial score (nSPS) is 22.6. The molecular formula is C15H25N3O3. The van der Waals surface area contributed by atoms with Crippen LogP contribution in [-0.2, 0) is 9.59 Å². The molecule has 1 spiro atoms. The Balaban J connectivity index is 1.99. The Morgan fingerprint density at radius 1 is 1.24 bits per heavy atom. The number of hydrogen-bond donors (Lipinski definition) is 2. The fourth-order valence-corrected chi connectivity index (χ4v) is 2.92. The van der Waals surface area contributed by atoms with Gasteiger partial charge >= 0.3 is 6.03 Å². The lowest BCUT2D eigenvalue weighted by atomic mass is 9.82. The minimum absolute atomic E-state index is 0.0157. The summed E-state index contributed by atoms with van der Waals surface area (Å²) in [5.41, 5.74) is -0.751. The molecule has 0 radical (unpaired) electrons. The van der Waals surface area contributed by atoms with Crippen LogP contribution < -0.4 is 10.6 Å². The van der Waals surface area contributed by atoms with Gasteiger partial charge in [0.25, 0.3) is 5.91 Å². The average molecular weight is 295 g/mol. The quantitative estimate of drug-likeness (QED) is 0.770. The summed E-state index contributed by atoms with van der Waals surface area (Å²) in [6.07, 6.45) is 4.33. The van der Waals surface area contributed by atoms with E-state index in [1.807, 2.05) is 20.8 Å². The Hall–Kier alpha value is -1.59. The summed E-state index contributed by atoms with van der Waals surface area (Å²) in [5, 5.41) is 5.63. The van der Waals surface area contributed by atoms with E-state index < -0.39 is 11.6 Å². The second kappa shape index (κ2) is 6.03. The molecule has 4 amide bonds. The van der Waals surface area contributed by atoms with E-state index in [2.05, 4.69) is 10.6 Å². The van der Waals surface area contributed by atoms with Gasteiger partial charge in [0, 0.05) is 6.04 Å². The Bertz CT molecular complexity index is 441. The molecule has 0 aromatic heterocycles. The lowest BCUT2D eigenvalue weighted by Crippen LogP contribution is -2.49. The zero-order valence-electron chi connectivity index (χ0n) is 13.1. The standard InChI is InChI=1S/C15H25N3O3/c1-10(2)11(3)16-12(19)9-18-13(20)15(17-14(18)21)7-5-4-6-8-15/h10-11H,4-9H2,1-3H3,(H,16,19)(H,17,21)/t11-/m0/s1. The van der Waals surface area contributed by atoms with Crippen LogP contribution in [-0.4, -0.2) is 40.9 Å². The molecule has 2 rings (SSSR count). The maximum Gasteiger partial charge on any atom is 0.325 e. The van der Waals surface area contributed by atoms with E-state index >= 15 is 0 Å². The summed E-state index contributed by atoms with van der Waals surface area (Å²) in [6.45, 7) is 5.74. The molecular weight excluding hydrogens is 270 g/mol. The Morgan fingerprint density at radius 2 is 1.86 bits per heavy atom. The van der Waals surface area contributed by atoms with Gasteiger partial charge in [-0.05, 0) is 25.7 Å². The molecule has 2 N–H and O–H groups in total. The summed E-state index contributed by atoms with van der Waals surface area (Å²) >= 11 is 0. The van der Waals surface area contributed by atoms with Crippen molar-refractivity contribution in [1.29, 1.82) is 0 Å². The monoisotopic (exact) mass is 295 g/mol. The van der Waals surface area contributed by atoms with E-state index in [0.717, 1.165) is 24.2 Å². The van der Waals surface area contributed by atoms with Crippen LogP contribution in [0.15, 0.2) is 0 Å². The van der Waals surface area contributed by atoms with Crippen LogP contribution in [0.4, 0.5) is 4.79 Å². The molecule has 21 heavy (non-hydrogen) atoms. The highest BCUT2D eigenvalue weighted by Gasteiger charge is 2.51. The van der Waals surface area contributed by atoms with E-state index in [1.165, 1.54) is 0 Å². The fourth-order valence-electron chi connectivity index (χ4n) is 2.92. The van der Waals surface area contributed by atoms with Crippen LogP contribution in [0, 0.1) is 5.92 Å². The molecule has 1 aliphatic heterocycles. The van der Waals surface area contributed by atoms with Crippen molar-refractivity contribution in [2.75, 3.05) is 6.54 Å². The van der Waals surface area contributed by atoms with Crippen LogP contribution in [0.25, 0.3) is 0 Å². The van der Waals surface area contributed by atoms with Crippen molar-refractivity contribution < 1.29 is 14.4 Å². The number of nitrogens with zero attached hydrogens (tertiary/aromatic N) is 1. The maximum atomic E-state index is 12.5. The maximum absolute atomic E-state index is 12.5. The summed E-state index contributed by atoms with van der Waals surface area (Å²) in [4.78, 5) is 37.6. The van der Waals surface area contributed by atoms with Gasteiger partial charge in [-0.15, -0.1) is 0 Å². The number of carbonyl (C=O) groups is 3. The van der Waals surface area contributed by atoms with Crippen molar-refractivity contribution >= 4 is 17.8 Å². The highest BCUT2D eigenvalue weighted by Crippen LogP contribution is 2.33. The Kier molecular flexibility index (Phi) is 4.54. The first-order valence-electron chi connectivity index (χ1n) is 7.79. The predicted molar refractivity (Wildman–Crippen MR) is 78.5 cm³/mol. The van der Waals surface area contributed by atoms with Crippen molar-refractivity contribution in [2.45, 2.75) is 64.5 Å². The van der Waals surface area contributed by atoms with E-state index in [-0.39, 0.29) is 24.4 Å². The van der Waals surface area contributed by atoms with Gasteiger partial charge in [-0.1, -0.05) is 33.1 Å². The minimum Gasteiger partial charge on any atom is -0.352 e. The number of urea groups is 1. The minimum atomic E-state index is -0.751. The molecule has 118 valence electrons. The van der Waals surface area contributed by atoms with Gasteiger partial charge in [-0.25, -0.2) is 4.79 Å². The molecule has 1 saturated carbocycles. The third-order valence-electron chi connectivity index (χ3n) is 4.64. The van der Waals surface area contributed by atoms with Crippen molar-refractivity contribution in [3.8, 4) is 0 Å². The first-order valence-corrected chi connectivity index (χ1v) is 7.79. The molecule has 0 unspecified atom stereocenters. The second-order valence-corrected chi connectivity index (χ2v) is 6.56. The number of hydrogen-bond acceptors (Lipinski definition) is 3. The molecule has 1 aliphatic carbocycles. The molecule has 1 heterocycles. The third-order valence-corrected chi connectivity index (χ3v) is 4.64. The van der Waals surface area contributed by atoms with Gasteiger partial charge in [-0.2, -0.15) is 0 Å². The zero-order chi connectivity index (χ0) is 15.6. The van der Waals surface area contributed by atoms with Crippen molar-refractivity contribution in [3.05, 3.63) is 0 Å². The average Bonchev–Trinajstić information content (AvgIpc) is 2.64. The van der Waals surface area contributed by atoms with Crippen LogP contribution in [0.5, 0.6) is 0 Å². The van der Waals surface area contributed by atoms with Crippen LogP contribution in [0.2, 0.25) is 0 Å². The van der Waals surface area contributed by atoms with Gasteiger partial charge in [0.15, 0.2) is 0 Å². The lowest BCUT2D eigenvalue weighted by Gasteiger charge is -2.30. The Labute approximate surface area is 125 Å². The number of amides is 4. The molecule has 6 nitrogen and oxygen atoms in total. The van der Waals surface area contributed by atoms with Gasteiger partial charge in [0.05, 0.1) is 0 Å². The summed E-state index contributed by atoms with van der Waals surface area (Å²) in [6, 6.07) is -0.420. The Morgan fingerprint density at radius 3 is 2.43 bits per heavy atom. The SMILES string of the molecule is CC(C)[C@H](C)NC(=O)CN1C(=O)NC2(CCCCC2)C1=O. The van der Waals surface area contributed by atoms with Gasteiger partial charge in [0.1, 0.15) is 12.1 Å². The number of carbonyl (C=O) groups excluding carboxylic acids is 3. The highest BCUT2D eigenvalue weighted by molar-refractivity contribution is 6.09. The van der Waals surface area contributed by atoms with Crippen LogP contribution in [0.1, 0.15) is 52.9 Å². The molecule has 2 fully saturated rings. The topological polar surface area (TPSA) is 78.5 Å². The number of imide groups is 1. The van der Waals surface area contributed by atoms with Crippen molar-refractivity contribution in [3.63, 3.8) is 0 Å². The van der Waals surface area contributed by atoms with Crippen LogP contribution >= 0.6 is 0 Å². The molecule has 2 aliphatic rings. The number of rotatable bonds is 4. The largest absolute Gasteiger partial charge is 0.352 e. The van der Waals surface area contributed by atoms with E-state index in [0.29, 0.717) is 18.8 Å². The number of nitrogens with one attached hydrogen (secondary N) is 2. The van der Waals surface area contributed by atoms with Gasteiger partial charge in [0.2, 0.25) is 5.91 Å². The van der Waals surface area contributed by atoms with Crippen molar-refractivity contribution in [1.82, 2.24) is 15.5 Å². The first-order chi connectivity index (χ1) is 9.85. The van der Waals surface area contributed by atoms with E-state index in [4.69, 9.17) is 0 Å².